The third-order valence-electron chi connectivity index (χ3n) is 4.59. The van der Waals surface area contributed by atoms with E-state index in [1.807, 2.05) is 6.07 Å². The molecule has 20 heavy (non-hydrogen) atoms. The quantitative estimate of drug-likeness (QED) is 0.811. The monoisotopic (exact) mass is 293 g/mol. The van der Waals surface area contributed by atoms with Crippen molar-refractivity contribution >= 4 is 11.6 Å². The van der Waals surface area contributed by atoms with Gasteiger partial charge in [0.05, 0.1) is 0 Å². The minimum atomic E-state index is 0.587. The number of likely N-dealkylation sites (N-methyl/N-ethyl adjacent to an activating group) is 1. The van der Waals surface area contributed by atoms with Crippen LogP contribution in [-0.4, -0.2) is 12.6 Å². The van der Waals surface area contributed by atoms with Gasteiger partial charge in [0, 0.05) is 11.1 Å². The summed E-state index contributed by atoms with van der Waals surface area (Å²) < 4.78 is 0. The van der Waals surface area contributed by atoms with Crippen LogP contribution >= 0.6 is 11.6 Å². The Labute approximate surface area is 129 Å². The molecule has 1 N–H and O–H groups in total. The highest BCUT2D eigenvalue weighted by Gasteiger charge is 2.29. The van der Waals surface area contributed by atoms with Crippen molar-refractivity contribution in [2.75, 3.05) is 6.54 Å². The maximum Gasteiger partial charge on any atom is 0.0408 e. The molecule has 112 valence electrons. The third kappa shape index (κ3) is 4.49. The van der Waals surface area contributed by atoms with Crippen LogP contribution in [0, 0.1) is 17.8 Å². The highest BCUT2D eigenvalue weighted by atomic mass is 35.5. The van der Waals surface area contributed by atoms with Crippen LogP contribution in [0.5, 0.6) is 0 Å². The number of benzene rings is 1. The lowest BCUT2D eigenvalue weighted by Gasteiger charge is -2.37. The highest BCUT2D eigenvalue weighted by Crippen LogP contribution is 2.35. The van der Waals surface area contributed by atoms with E-state index in [0.717, 1.165) is 35.7 Å². The van der Waals surface area contributed by atoms with Gasteiger partial charge in [0.1, 0.15) is 0 Å². The third-order valence-corrected chi connectivity index (χ3v) is 4.83. The fraction of sp³-hybridized carbons (Fsp3) is 0.667. The molecule has 0 saturated heterocycles. The summed E-state index contributed by atoms with van der Waals surface area (Å²) in [5.74, 6) is 2.53. The van der Waals surface area contributed by atoms with E-state index in [1.54, 1.807) is 0 Å². The average molecular weight is 294 g/mol. The van der Waals surface area contributed by atoms with E-state index in [-0.39, 0.29) is 0 Å². The van der Waals surface area contributed by atoms with Gasteiger partial charge >= 0.3 is 0 Å². The molecule has 2 rings (SSSR count). The van der Waals surface area contributed by atoms with Gasteiger partial charge < -0.3 is 5.32 Å². The van der Waals surface area contributed by atoms with Crippen LogP contribution < -0.4 is 5.32 Å². The lowest BCUT2D eigenvalue weighted by molar-refractivity contribution is 0.176. The summed E-state index contributed by atoms with van der Waals surface area (Å²) in [5, 5.41) is 4.57. The number of rotatable bonds is 5. The molecule has 0 aromatic heterocycles. The van der Waals surface area contributed by atoms with Gasteiger partial charge in [-0.2, -0.15) is 0 Å². The second-order valence-electron chi connectivity index (χ2n) is 6.68. The van der Waals surface area contributed by atoms with Gasteiger partial charge in [-0.25, -0.2) is 0 Å². The zero-order valence-electron chi connectivity index (χ0n) is 13.0. The molecule has 0 heterocycles. The molecule has 1 saturated carbocycles. The molecule has 1 aliphatic carbocycles. The van der Waals surface area contributed by atoms with Crippen molar-refractivity contribution in [3.8, 4) is 0 Å². The molecule has 0 aliphatic heterocycles. The molecule has 1 aromatic carbocycles. The minimum Gasteiger partial charge on any atom is -0.314 e. The van der Waals surface area contributed by atoms with E-state index in [0.29, 0.717) is 6.04 Å². The number of hydrogen-bond acceptors (Lipinski definition) is 1. The Bertz CT molecular complexity index is 408. The van der Waals surface area contributed by atoms with Gasteiger partial charge in [-0.15, -0.1) is 0 Å². The van der Waals surface area contributed by atoms with Crippen LogP contribution in [-0.2, 0) is 6.42 Å². The summed E-state index contributed by atoms with van der Waals surface area (Å²) in [6.07, 6.45) is 5.22. The molecule has 0 amide bonds. The van der Waals surface area contributed by atoms with Crippen molar-refractivity contribution in [3.63, 3.8) is 0 Å². The Balaban J connectivity index is 2.06. The molecular weight excluding hydrogens is 266 g/mol. The SMILES string of the molecule is CCNC(Cc1cccc(Cl)c1)C1CC(C)CC(C)C1. The zero-order chi connectivity index (χ0) is 14.5. The first-order valence-corrected chi connectivity index (χ1v) is 8.44. The summed E-state index contributed by atoms with van der Waals surface area (Å²) in [6, 6.07) is 8.92. The fourth-order valence-corrected chi connectivity index (χ4v) is 4.14. The summed E-state index contributed by atoms with van der Waals surface area (Å²) in [4.78, 5) is 0. The molecule has 1 nitrogen and oxygen atoms in total. The largest absolute Gasteiger partial charge is 0.314 e. The smallest absolute Gasteiger partial charge is 0.0408 e. The average Bonchev–Trinajstić information content (AvgIpc) is 2.37. The van der Waals surface area contributed by atoms with Gasteiger partial charge in [-0.1, -0.05) is 44.5 Å². The molecule has 3 atom stereocenters. The molecule has 3 unspecified atom stereocenters. The van der Waals surface area contributed by atoms with Crippen LogP contribution in [0.2, 0.25) is 5.02 Å². The normalized spacial score (nSPS) is 28.3. The van der Waals surface area contributed by atoms with Crippen molar-refractivity contribution in [1.29, 1.82) is 0 Å². The summed E-state index contributed by atoms with van der Waals surface area (Å²) in [5.41, 5.74) is 1.36. The van der Waals surface area contributed by atoms with Crippen molar-refractivity contribution < 1.29 is 0 Å². The Morgan fingerprint density at radius 3 is 2.50 bits per heavy atom. The zero-order valence-corrected chi connectivity index (χ0v) is 13.8. The van der Waals surface area contributed by atoms with Crippen molar-refractivity contribution in [1.82, 2.24) is 5.32 Å². The van der Waals surface area contributed by atoms with Crippen molar-refractivity contribution in [3.05, 3.63) is 34.9 Å². The van der Waals surface area contributed by atoms with Gasteiger partial charge in [-0.05, 0) is 67.7 Å². The Morgan fingerprint density at radius 2 is 1.90 bits per heavy atom. The van der Waals surface area contributed by atoms with Gasteiger partial charge in [0.25, 0.3) is 0 Å². The highest BCUT2D eigenvalue weighted by molar-refractivity contribution is 6.30. The predicted octanol–water partition coefficient (Wildman–Crippen LogP) is 4.93. The van der Waals surface area contributed by atoms with E-state index >= 15 is 0 Å². The standard InChI is InChI=1S/C18H28ClN/c1-4-20-18(12-15-6-5-7-17(19)11-15)16-9-13(2)8-14(3)10-16/h5-7,11,13-14,16,18,20H,4,8-10,12H2,1-3H3. The number of hydrogen-bond donors (Lipinski definition) is 1. The minimum absolute atomic E-state index is 0.587. The van der Waals surface area contributed by atoms with Crippen LogP contribution in [0.4, 0.5) is 0 Å². The summed E-state index contributed by atoms with van der Waals surface area (Å²) in [6.45, 7) is 8.07. The van der Waals surface area contributed by atoms with Gasteiger partial charge in [0.2, 0.25) is 0 Å². The Morgan fingerprint density at radius 1 is 1.20 bits per heavy atom. The first-order valence-electron chi connectivity index (χ1n) is 8.06. The maximum atomic E-state index is 6.12. The molecule has 1 fully saturated rings. The molecule has 1 aliphatic rings. The van der Waals surface area contributed by atoms with E-state index in [4.69, 9.17) is 11.6 Å². The molecule has 0 spiro atoms. The van der Waals surface area contributed by atoms with E-state index in [2.05, 4.69) is 44.3 Å². The fourth-order valence-electron chi connectivity index (χ4n) is 3.92. The summed E-state index contributed by atoms with van der Waals surface area (Å²) >= 11 is 6.12. The molecule has 0 radical (unpaired) electrons. The maximum absolute atomic E-state index is 6.12. The van der Waals surface area contributed by atoms with Crippen molar-refractivity contribution in [2.24, 2.45) is 17.8 Å². The van der Waals surface area contributed by atoms with Crippen LogP contribution in [0.25, 0.3) is 0 Å². The number of nitrogens with one attached hydrogen (secondary N) is 1. The molecule has 0 bridgehead atoms. The topological polar surface area (TPSA) is 12.0 Å². The van der Waals surface area contributed by atoms with Crippen molar-refractivity contribution in [2.45, 2.75) is 52.5 Å². The van der Waals surface area contributed by atoms with E-state index in [9.17, 15) is 0 Å². The van der Waals surface area contributed by atoms with Gasteiger partial charge in [0.15, 0.2) is 0 Å². The van der Waals surface area contributed by atoms with E-state index in [1.165, 1.54) is 24.8 Å². The lowest BCUT2D eigenvalue weighted by Crippen LogP contribution is -2.41. The summed E-state index contributed by atoms with van der Waals surface area (Å²) in [7, 11) is 0. The van der Waals surface area contributed by atoms with Crippen LogP contribution in [0.1, 0.15) is 45.6 Å². The van der Waals surface area contributed by atoms with Crippen LogP contribution in [0.15, 0.2) is 24.3 Å². The molecule has 2 heteroatoms. The Hall–Kier alpha value is -0.530. The first-order chi connectivity index (χ1) is 9.58. The second kappa shape index (κ2) is 7.47. The molecule has 1 aromatic rings. The second-order valence-corrected chi connectivity index (χ2v) is 7.11. The first kappa shape index (κ1) is 15.9. The van der Waals surface area contributed by atoms with Crippen LogP contribution in [0.3, 0.4) is 0 Å². The number of halogens is 1. The van der Waals surface area contributed by atoms with E-state index < -0.39 is 0 Å². The molecular formula is C18H28ClN. The Kier molecular flexibility index (Phi) is 5.92. The van der Waals surface area contributed by atoms with Gasteiger partial charge in [-0.3, -0.25) is 0 Å². The lowest BCUT2D eigenvalue weighted by atomic mass is 9.72. The predicted molar refractivity (Wildman–Crippen MR) is 88.3 cm³/mol.